The first-order valence-corrected chi connectivity index (χ1v) is 6.51. The SMILES string of the molecule is Nc1ccncc1C(=O)NC1CCSCC1. The van der Waals surface area contributed by atoms with Crippen molar-refractivity contribution >= 4 is 23.4 Å². The third kappa shape index (κ3) is 2.66. The van der Waals surface area contributed by atoms with E-state index in [1.54, 1.807) is 12.3 Å². The smallest absolute Gasteiger partial charge is 0.255 e. The Bertz CT molecular complexity index is 377. The fourth-order valence-electron chi connectivity index (χ4n) is 1.70. The molecule has 1 fully saturated rings. The molecule has 4 nitrogen and oxygen atoms in total. The number of hydrogen-bond acceptors (Lipinski definition) is 4. The highest BCUT2D eigenvalue weighted by molar-refractivity contribution is 7.99. The molecule has 1 aromatic heterocycles. The topological polar surface area (TPSA) is 68.0 Å². The fourth-order valence-corrected chi connectivity index (χ4v) is 2.81. The van der Waals surface area contributed by atoms with Crippen LogP contribution in [0, 0.1) is 0 Å². The number of nitrogens with two attached hydrogens (primary N) is 1. The summed E-state index contributed by atoms with van der Waals surface area (Å²) in [5.41, 5.74) is 6.68. The van der Waals surface area contributed by atoms with Gasteiger partial charge in [-0.05, 0) is 30.4 Å². The van der Waals surface area contributed by atoms with Gasteiger partial charge in [0.2, 0.25) is 0 Å². The molecular formula is C11H15N3OS. The largest absolute Gasteiger partial charge is 0.398 e. The second-order valence-electron chi connectivity index (χ2n) is 3.82. The van der Waals surface area contributed by atoms with Crippen LogP contribution in [-0.2, 0) is 0 Å². The van der Waals surface area contributed by atoms with Crippen LogP contribution < -0.4 is 11.1 Å². The summed E-state index contributed by atoms with van der Waals surface area (Å²) < 4.78 is 0. The van der Waals surface area contributed by atoms with Crippen molar-refractivity contribution in [3.8, 4) is 0 Å². The van der Waals surface area contributed by atoms with E-state index in [4.69, 9.17) is 5.73 Å². The van der Waals surface area contributed by atoms with Crippen molar-refractivity contribution in [2.24, 2.45) is 0 Å². The number of anilines is 1. The van der Waals surface area contributed by atoms with Crippen molar-refractivity contribution in [1.82, 2.24) is 10.3 Å². The highest BCUT2D eigenvalue weighted by atomic mass is 32.2. The van der Waals surface area contributed by atoms with E-state index in [1.165, 1.54) is 6.20 Å². The number of nitrogen functional groups attached to an aromatic ring is 1. The van der Waals surface area contributed by atoms with Gasteiger partial charge in [0.25, 0.3) is 5.91 Å². The van der Waals surface area contributed by atoms with Gasteiger partial charge in [-0.25, -0.2) is 0 Å². The molecule has 5 heteroatoms. The predicted molar refractivity (Wildman–Crippen MR) is 66.5 cm³/mol. The second-order valence-corrected chi connectivity index (χ2v) is 5.05. The number of pyridine rings is 1. The van der Waals surface area contributed by atoms with Gasteiger partial charge in [0.1, 0.15) is 0 Å². The molecule has 1 amide bonds. The van der Waals surface area contributed by atoms with Crippen molar-refractivity contribution in [3.63, 3.8) is 0 Å². The second kappa shape index (κ2) is 5.21. The average molecular weight is 237 g/mol. The summed E-state index contributed by atoms with van der Waals surface area (Å²) >= 11 is 1.94. The van der Waals surface area contributed by atoms with E-state index in [-0.39, 0.29) is 11.9 Å². The van der Waals surface area contributed by atoms with Gasteiger partial charge in [-0.15, -0.1) is 0 Å². The molecule has 1 aliphatic rings. The van der Waals surface area contributed by atoms with Crippen LogP contribution in [0.2, 0.25) is 0 Å². The Hall–Kier alpha value is -1.23. The molecule has 2 heterocycles. The molecule has 0 aliphatic carbocycles. The third-order valence-electron chi connectivity index (χ3n) is 2.66. The van der Waals surface area contributed by atoms with Crippen LogP contribution in [0.15, 0.2) is 18.5 Å². The minimum atomic E-state index is -0.109. The first-order valence-electron chi connectivity index (χ1n) is 5.35. The van der Waals surface area contributed by atoms with Crippen LogP contribution in [0.5, 0.6) is 0 Å². The van der Waals surface area contributed by atoms with Crippen LogP contribution in [0.3, 0.4) is 0 Å². The Kier molecular flexibility index (Phi) is 3.66. The summed E-state index contributed by atoms with van der Waals surface area (Å²) in [5.74, 6) is 2.13. The van der Waals surface area contributed by atoms with Crippen molar-refractivity contribution < 1.29 is 4.79 Å². The lowest BCUT2D eigenvalue weighted by atomic mass is 10.1. The maximum absolute atomic E-state index is 11.9. The first-order chi connectivity index (χ1) is 7.77. The molecule has 0 aromatic carbocycles. The van der Waals surface area contributed by atoms with Crippen molar-refractivity contribution in [3.05, 3.63) is 24.0 Å². The van der Waals surface area contributed by atoms with Crippen molar-refractivity contribution in [2.45, 2.75) is 18.9 Å². The highest BCUT2D eigenvalue weighted by Gasteiger charge is 2.17. The zero-order chi connectivity index (χ0) is 11.4. The summed E-state index contributed by atoms with van der Waals surface area (Å²) in [6.07, 6.45) is 5.18. The van der Waals surface area contributed by atoms with E-state index in [9.17, 15) is 4.79 Å². The minimum Gasteiger partial charge on any atom is -0.398 e. The van der Waals surface area contributed by atoms with Gasteiger partial charge in [-0.1, -0.05) is 0 Å². The number of nitrogens with one attached hydrogen (secondary N) is 1. The predicted octanol–water partition coefficient (Wildman–Crippen LogP) is 1.29. The van der Waals surface area contributed by atoms with E-state index in [1.807, 2.05) is 11.8 Å². The van der Waals surface area contributed by atoms with Gasteiger partial charge in [-0.3, -0.25) is 9.78 Å². The van der Waals surface area contributed by atoms with Crippen LogP contribution in [0.4, 0.5) is 5.69 Å². The molecule has 86 valence electrons. The van der Waals surface area contributed by atoms with E-state index in [0.717, 1.165) is 24.3 Å². The summed E-state index contributed by atoms with van der Waals surface area (Å²) in [5, 5.41) is 3.00. The Morgan fingerprint density at radius 2 is 2.25 bits per heavy atom. The first kappa shape index (κ1) is 11.3. The molecule has 0 bridgehead atoms. The summed E-state index contributed by atoms with van der Waals surface area (Å²) in [4.78, 5) is 15.8. The van der Waals surface area contributed by atoms with Gasteiger partial charge in [0.15, 0.2) is 0 Å². The molecule has 0 radical (unpaired) electrons. The van der Waals surface area contributed by atoms with E-state index >= 15 is 0 Å². The molecule has 1 saturated heterocycles. The van der Waals surface area contributed by atoms with Crippen LogP contribution in [0.1, 0.15) is 23.2 Å². The fraction of sp³-hybridized carbons (Fsp3) is 0.455. The molecule has 1 aromatic rings. The number of thioether (sulfide) groups is 1. The molecule has 0 unspecified atom stereocenters. The quantitative estimate of drug-likeness (QED) is 0.813. The van der Waals surface area contributed by atoms with Crippen molar-refractivity contribution in [2.75, 3.05) is 17.2 Å². The Morgan fingerprint density at radius 3 is 2.94 bits per heavy atom. The van der Waals surface area contributed by atoms with Crippen LogP contribution in [-0.4, -0.2) is 28.4 Å². The molecule has 3 N–H and O–H groups in total. The van der Waals surface area contributed by atoms with Gasteiger partial charge in [0, 0.05) is 24.1 Å². The lowest BCUT2D eigenvalue weighted by Crippen LogP contribution is -2.37. The molecule has 16 heavy (non-hydrogen) atoms. The third-order valence-corrected chi connectivity index (χ3v) is 3.70. The normalized spacial score (nSPS) is 17.0. The molecule has 1 aliphatic heterocycles. The summed E-state index contributed by atoms with van der Waals surface area (Å²) in [6.45, 7) is 0. The number of carbonyl (C=O) groups is 1. The van der Waals surface area contributed by atoms with Crippen molar-refractivity contribution in [1.29, 1.82) is 0 Å². The van der Waals surface area contributed by atoms with Gasteiger partial charge in [0.05, 0.1) is 5.56 Å². The maximum atomic E-state index is 11.9. The standard InChI is InChI=1S/C11H15N3OS/c12-10-1-4-13-7-9(10)11(15)14-8-2-5-16-6-3-8/h1,4,7-8H,2-3,5-6H2,(H2,12,13)(H,14,15). The van der Waals surface area contributed by atoms with E-state index < -0.39 is 0 Å². The Labute approximate surface area is 99.0 Å². The van der Waals surface area contributed by atoms with E-state index in [2.05, 4.69) is 10.3 Å². The lowest BCUT2D eigenvalue weighted by Gasteiger charge is -2.22. The zero-order valence-corrected chi connectivity index (χ0v) is 9.80. The monoisotopic (exact) mass is 237 g/mol. The Balaban J connectivity index is 2.00. The molecule has 0 atom stereocenters. The van der Waals surface area contributed by atoms with Gasteiger partial charge < -0.3 is 11.1 Å². The number of carbonyl (C=O) groups excluding carboxylic acids is 1. The van der Waals surface area contributed by atoms with Crippen LogP contribution in [0.25, 0.3) is 0 Å². The molecule has 0 spiro atoms. The van der Waals surface area contributed by atoms with Gasteiger partial charge in [-0.2, -0.15) is 11.8 Å². The molecule has 0 saturated carbocycles. The summed E-state index contributed by atoms with van der Waals surface area (Å²) in [7, 11) is 0. The Morgan fingerprint density at radius 1 is 1.50 bits per heavy atom. The zero-order valence-electron chi connectivity index (χ0n) is 8.98. The van der Waals surface area contributed by atoms with Crippen LogP contribution >= 0.6 is 11.8 Å². The number of amides is 1. The number of aromatic nitrogens is 1. The van der Waals surface area contributed by atoms with E-state index in [0.29, 0.717) is 11.3 Å². The van der Waals surface area contributed by atoms with Gasteiger partial charge >= 0.3 is 0 Å². The highest BCUT2D eigenvalue weighted by Crippen LogP contribution is 2.18. The number of hydrogen-bond donors (Lipinski definition) is 2. The maximum Gasteiger partial charge on any atom is 0.255 e. The molecular weight excluding hydrogens is 222 g/mol. The number of rotatable bonds is 2. The number of nitrogens with zero attached hydrogens (tertiary/aromatic N) is 1. The summed E-state index contributed by atoms with van der Waals surface area (Å²) in [6, 6.07) is 1.93. The lowest BCUT2D eigenvalue weighted by molar-refractivity contribution is 0.0935. The molecule has 2 rings (SSSR count). The minimum absolute atomic E-state index is 0.109. The average Bonchev–Trinajstić information content (AvgIpc) is 2.31.